The molecule has 0 bridgehead atoms. The van der Waals surface area contributed by atoms with Gasteiger partial charge in [-0.3, -0.25) is 14.7 Å². The maximum absolute atomic E-state index is 14.0. The number of urea groups is 1. The van der Waals surface area contributed by atoms with E-state index in [0.29, 0.717) is 19.7 Å². The van der Waals surface area contributed by atoms with Gasteiger partial charge in [-0.1, -0.05) is 62.7 Å². The third-order valence-corrected chi connectivity index (χ3v) is 7.94. The Bertz CT molecular complexity index is 1530. The van der Waals surface area contributed by atoms with Crippen molar-refractivity contribution in [1.29, 1.82) is 0 Å². The van der Waals surface area contributed by atoms with Crippen LogP contribution in [0.1, 0.15) is 32.0 Å². The number of carbonyl (C=O) groups is 1. The van der Waals surface area contributed by atoms with E-state index >= 15 is 0 Å². The number of hydrogen-bond donors (Lipinski definition) is 0. The summed E-state index contributed by atoms with van der Waals surface area (Å²) in [5.41, 5.74) is 3.81. The van der Waals surface area contributed by atoms with Crippen molar-refractivity contribution in [2.24, 2.45) is 0 Å². The van der Waals surface area contributed by atoms with Crippen LogP contribution in [0, 0.1) is 6.92 Å². The summed E-state index contributed by atoms with van der Waals surface area (Å²) in [7, 11) is 0. The molecule has 2 amide bonds. The van der Waals surface area contributed by atoms with Crippen molar-refractivity contribution in [3.63, 3.8) is 0 Å². The molecule has 0 unspecified atom stereocenters. The van der Waals surface area contributed by atoms with Crippen LogP contribution < -0.4 is 14.5 Å². The Labute approximate surface area is 242 Å². The number of ether oxygens (including phenoxy) is 2. The first-order valence-electron chi connectivity index (χ1n) is 14.5. The van der Waals surface area contributed by atoms with E-state index < -0.39 is 0 Å². The Morgan fingerprint density at radius 3 is 2.32 bits per heavy atom. The van der Waals surface area contributed by atoms with Gasteiger partial charge in [0, 0.05) is 55.0 Å². The molecular weight excluding hydrogens is 514 g/mol. The summed E-state index contributed by atoms with van der Waals surface area (Å²) >= 11 is 0. The SMILES string of the molecule is Cc1ccc(-n2nc(C(C)(C)C)cc2N2CCN(c3ccc(OCCN4CCOCC4)c4ccccc34)C2=O)cc1. The largest absolute Gasteiger partial charge is 0.492 e. The quantitative estimate of drug-likeness (QED) is 0.290. The first-order valence-corrected chi connectivity index (χ1v) is 14.5. The number of aromatic nitrogens is 2. The molecule has 0 spiro atoms. The molecule has 4 aromatic rings. The lowest BCUT2D eigenvalue weighted by Crippen LogP contribution is -2.38. The number of nitrogens with zero attached hydrogens (tertiary/aromatic N) is 5. The molecule has 0 radical (unpaired) electrons. The van der Waals surface area contributed by atoms with Gasteiger partial charge in [0.25, 0.3) is 0 Å². The standard InChI is InChI=1S/C33H39N5O3/c1-24-9-11-25(12-10-24)38-31(23-30(34-38)33(2,3)4)37-16-15-36(32(37)39)28-13-14-29(27-8-6-5-7-26(27)28)41-22-19-35-17-20-40-21-18-35/h5-14,23H,15-22H2,1-4H3. The number of hydrogen-bond acceptors (Lipinski definition) is 5. The maximum atomic E-state index is 14.0. The second-order valence-corrected chi connectivity index (χ2v) is 11.9. The molecule has 6 rings (SSSR count). The van der Waals surface area contributed by atoms with Crippen molar-refractivity contribution < 1.29 is 14.3 Å². The number of anilines is 2. The number of benzene rings is 3. The van der Waals surface area contributed by atoms with Crippen LogP contribution in [0.5, 0.6) is 5.75 Å². The van der Waals surface area contributed by atoms with Gasteiger partial charge in [0.2, 0.25) is 0 Å². The number of morpholine rings is 1. The summed E-state index contributed by atoms with van der Waals surface area (Å²) < 4.78 is 13.6. The average Bonchev–Trinajstić information content (AvgIpc) is 3.58. The van der Waals surface area contributed by atoms with Crippen LogP contribution in [0.2, 0.25) is 0 Å². The zero-order chi connectivity index (χ0) is 28.6. The Balaban J connectivity index is 1.28. The third kappa shape index (κ3) is 5.54. The van der Waals surface area contributed by atoms with Crippen LogP contribution in [0.15, 0.2) is 66.7 Å². The maximum Gasteiger partial charge on any atom is 0.330 e. The number of rotatable bonds is 7. The van der Waals surface area contributed by atoms with E-state index in [2.05, 4.69) is 75.1 Å². The summed E-state index contributed by atoms with van der Waals surface area (Å²) in [6, 6.07) is 22.5. The van der Waals surface area contributed by atoms with Crippen LogP contribution >= 0.6 is 0 Å². The topological polar surface area (TPSA) is 63.1 Å². The van der Waals surface area contributed by atoms with E-state index in [1.807, 2.05) is 38.7 Å². The highest BCUT2D eigenvalue weighted by Crippen LogP contribution is 2.37. The van der Waals surface area contributed by atoms with E-state index in [1.165, 1.54) is 5.56 Å². The van der Waals surface area contributed by atoms with Crippen molar-refractivity contribution in [3.8, 4) is 11.4 Å². The number of aryl methyl sites for hydroxylation is 1. The third-order valence-electron chi connectivity index (χ3n) is 7.94. The van der Waals surface area contributed by atoms with E-state index in [4.69, 9.17) is 14.6 Å². The van der Waals surface area contributed by atoms with Crippen LogP contribution in [-0.4, -0.2) is 73.3 Å². The first-order chi connectivity index (χ1) is 19.8. The van der Waals surface area contributed by atoms with Gasteiger partial charge in [0.1, 0.15) is 18.2 Å². The van der Waals surface area contributed by atoms with Gasteiger partial charge < -0.3 is 9.47 Å². The van der Waals surface area contributed by atoms with Crippen LogP contribution in [0.25, 0.3) is 16.5 Å². The fourth-order valence-corrected chi connectivity index (χ4v) is 5.51. The second-order valence-electron chi connectivity index (χ2n) is 11.9. The molecule has 41 heavy (non-hydrogen) atoms. The van der Waals surface area contributed by atoms with Gasteiger partial charge in [-0.05, 0) is 31.2 Å². The molecule has 0 N–H and O–H groups in total. The Hall–Kier alpha value is -3.88. The summed E-state index contributed by atoms with van der Waals surface area (Å²) in [5, 5.41) is 6.98. The molecule has 0 aliphatic carbocycles. The smallest absolute Gasteiger partial charge is 0.330 e. The number of carbonyl (C=O) groups excluding carboxylic acids is 1. The molecule has 0 atom stereocenters. The Morgan fingerprint density at radius 2 is 1.59 bits per heavy atom. The Kier molecular flexibility index (Phi) is 7.45. The minimum atomic E-state index is -0.152. The molecule has 2 aliphatic heterocycles. The fraction of sp³-hybridized carbons (Fsp3) is 0.394. The van der Waals surface area contributed by atoms with E-state index in [9.17, 15) is 4.79 Å². The minimum absolute atomic E-state index is 0.0511. The first kappa shape index (κ1) is 27.3. The molecule has 3 heterocycles. The lowest BCUT2D eigenvalue weighted by Gasteiger charge is -2.26. The van der Waals surface area contributed by atoms with Gasteiger partial charge in [0.05, 0.1) is 30.3 Å². The zero-order valence-corrected chi connectivity index (χ0v) is 24.5. The molecule has 2 aliphatic rings. The molecule has 1 aromatic heterocycles. The van der Waals surface area contributed by atoms with Gasteiger partial charge >= 0.3 is 6.03 Å². The predicted octanol–water partition coefficient (Wildman–Crippen LogP) is 5.79. The highest BCUT2D eigenvalue weighted by Gasteiger charge is 2.35. The van der Waals surface area contributed by atoms with E-state index in [0.717, 1.165) is 72.3 Å². The summed E-state index contributed by atoms with van der Waals surface area (Å²) in [5.74, 6) is 1.63. The molecule has 214 valence electrons. The second kappa shape index (κ2) is 11.2. The van der Waals surface area contributed by atoms with Gasteiger partial charge in [-0.2, -0.15) is 5.10 Å². The van der Waals surface area contributed by atoms with Gasteiger partial charge in [0.15, 0.2) is 0 Å². The molecule has 2 fully saturated rings. The van der Waals surface area contributed by atoms with Crippen molar-refractivity contribution >= 4 is 28.3 Å². The molecule has 2 saturated heterocycles. The molecule has 8 nitrogen and oxygen atoms in total. The number of fused-ring (bicyclic) bond motifs is 1. The van der Waals surface area contributed by atoms with Crippen LogP contribution in [0.3, 0.4) is 0 Å². The van der Waals surface area contributed by atoms with Crippen molar-refractivity contribution in [2.75, 3.05) is 62.3 Å². The van der Waals surface area contributed by atoms with Crippen molar-refractivity contribution in [1.82, 2.24) is 14.7 Å². The minimum Gasteiger partial charge on any atom is -0.492 e. The van der Waals surface area contributed by atoms with Crippen LogP contribution in [0.4, 0.5) is 16.3 Å². The van der Waals surface area contributed by atoms with Crippen molar-refractivity contribution in [3.05, 3.63) is 78.0 Å². The molecular formula is C33H39N5O3. The predicted molar refractivity (Wildman–Crippen MR) is 164 cm³/mol. The van der Waals surface area contributed by atoms with Gasteiger partial charge in [-0.15, -0.1) is 0 Å². The molecule has 8 heteroatoms. The molecule has 3 aromatic carbocycles. The fourth-order valence-electron chi connectivity index (χ4n) is 5.51. The van der Waals surface area contributed by atoms with E-state index in [1.54, 1.807) is 0 Å². The average molecular weight is 554 g/mol. The highest BCUT2D eigenvalue weighted by atomic mass is 16.5. The highest BCUT2D eigenvalue weighted by molar-refractivity contribution is 6.11. The zero-order valence-electron chi connectivity index (χ0n) is 24.5. The summed E-state index contributed by atoms with van der Waals surface area (Å²) in [6.45, 7) is 14.6. The van der Waals surface area contributed by atoms with Gasteiger partial charge in [-0.25, -0.2) is 9.48 Å². The monoisotopic (exact) mass is 553 g/mol. The lowest BCUT2D eigenvalue weighted by molar-refractivity contribution is 0.0323. The number of amides is 2. The van der Waals surface area contributed by atoms with Crippen LogP contribution in [-0.2, 0) is 10.2 Å². The van der Waals surface area contributed by atoms with E-state index in [-0.39, 0.29) is 11.4 Å². The Morgan fingerprint density at radius 1 is 0.878 bits per heavy atom. The molecule has 0 saturated carbocycles. The normalized spacial score (nSPS) is 16.6. The summed E-state index contributed by atoms with van der Waals surface area (Å²) in [4.78, 5) is 20.1. The lowest BCUT2D eigenvalue weighted by atomic mass is 9.92. The summed E-state index contributed by atoms with van der Waals surface area (Å²) in [6.07, 6.45) is 0. The van der Waals surface area contributed by atoms with Crippen molar-refractivity contribution in [2.45, 2.75) is 33.1 Å².